The van der Waals surface area contributed by atoms with E-state index in [4.69, 9.17) is 9.47 Å². The first-order valence-electron chi connectivity index (χ1n) is 5.94. The highest BCUT2D eigenvalue weighted by atomic mass is 16.5. The summed E-state index contributed by atoms with van der Waals surface area (Å²) in [7, 11) is 5.17. The van der Waals surface area contributed by atoms with Crippen molar-refractivity contribution in [2.75, 3.05) is 21.3 Å². The maximum Gasteiger partial charge on any atom is 0.127 e. The predicted octanol–water partition coefficient (Wildman–Crippen LogP) is 1.80. The van der Waals surface area contributed by atoms with Gasteiger partial charge >= 0.3 is 0 Å². The molecule has 0 fully saturated rings. The first-order valence-corrected chi connectivity index (χ1v) is 5.94. The molecular weight excluding hydrogens is 242 g/mol. The molecule has 19 heavy (non-hydrogen) atoms. The second-order valence-corrected chi connectivity index (χ2v) is 4.00. The van der Waals surface area contributed by atoms with Crippen LogP contribution in [0.15, 0.2) is 36.9 Å². The fourth-order valence-corrected chi connectivity index (χ4v) is 2.02. The highest BCUT2D eigenvalue weighted by Crippen LogP contribution is 2.32. The maximum absolute atomic E-state index is 5.43. The zero-order valence-corrected chi connectivity index (χ0v) is 11.3. The van der Waals surface area contributed by atoms with Gasteiger partial charge in [-0.1, -0.05) is 0 Å². The fraction of sp³-hybridized carbons (Fsp3) is 0.286. The Labute approximate surface area is 112 Å². The Morgan fingerprint density at radius 2 is 1.84 bits per heavy atom. The quantitative estimate of drug-likeness (QED) is 0.887. The minimum Gasteiger partial charge on any atom is -0.497 e. The van der Waals surface area contributed by atoms with Crippen LogP contribution in [0.2, 0.25) is 0 Å². The van der Waals surface area contributed by atoms with Crippen LogP contribution in [0, 0.1) is 0 Å². The number of nitrogens with one attached hydrogen (secondary N) is 1. The number of ether oxygens (including phenoxy) is 2. The third-order valence-corrected chi connectivity index (χ3v) is 2.95. The number of hydrogen-bond donors (Lipinski definition) is 1. The van der Waals surface area contributed by atoms with Gasteiger partial charge in [-0.3, -0.25) is 0 Å². The summed E-state index contributed by atoms with van der Waals surface area (Å²) in [6.45, 7) is 0. The van der Waals surface area contributed by atoms with E-state index in [1.54, 1.807) is 26.6 Å². The topological polar surface area (TPSA) is 56.3 Å². The van der Waals surface area contributed by atoms with Crippen molar-refractivity contribution in [3.63, 3.8) is 0 Å². The smallest absolute Gasteiger partial charge is 0.127 e. The number of benzene rings is 1. The average Bonchev–Trinajstić information content (AvgIpc) is 2.49. The monoisotopic (exact) mass is 259 g/mol. The van der Waals surface area contributed by atoms with E-state index >= 15 is 0 Å². The lowest BCUT2D eigenvalue weighted by Crippen LogP contribution is -2.18. The highest BCUT2D eigenvalue weighted by molar-refractivity contribution is 5.45. The zero-order valence-electron chi connectivity index (χ0n) is 11.3. The Hall–Kier alpha value is -2.14. The highest BCUT2D eigenvalue weighted by Gasteiger charge is 2.17. The second kappa shape index (κ2) is 6.15. The Kier molecular flexibility index (Phi) is 4.30. The third-order valence-electron chi connectivity index (χ3n) is 2.95. The van der Waals surface area contributed by atoms with Gasteiger partial charge in [-0.2, -0.15) is 0 Å². The molecule has 0 aliphatic heterocycles. The van der Waals surface area contributed by atoms with Crippen LogP contribution in [0.4, 0.5) is 0 Å². The summed E-state index contributed by atoms with van der Waals surface area (Å²) in [5.41, 5.74) is 1.99. The molecule has 0 amide bonds. The van der Waals surface area contributed by atoms with Gasteiger partial charge in [-0.05, 0) is 19.2 Å². The zero-order chi connectivity index (χ0) is 13.7. The Morgan fingerprint density at radius 3 is 2.42 bits per heavy atom. The minimum absolute atomic E-state index is 0.0259. The summed E-state index contributed by atoms with van der Waals surface area (Å²) in [4.78, 5) is 8.10. The Balaban J connectivity index is 2.43. The van der Waals surface area contributed by atoms with Gasteiger partial charge in [0.25, 0.3) is 0 Å². The van der Waals surface area contributed by atoms with E-state index < -0.39 is 0 Å². The van der Waals surface area contributed by atoms with Gasteiger partial charge in [-0.25, -0.2) is 9.97 Å². The molecule has 0 aliphatic carbocycles. The van der Waals surface area contributed by atoms with Crippen LogP contribution in [0.5, 0.6) is 11.5 Å². The Morgan fingerprint density at radius 1 is 1.11 bits per heavy atom. The lowest BCUT2D eigenvalue weighted by molar-refractivity contribution is 0.388. The molecule has 0 saturated carbocycles. The molecule has 5 nitrogen and oxygen atoms in total. The molecule has 1 aromatic heterocycles. The molecule has 2 aromatic rings. The van der Waals surface area contributed by atoms with Crippen molar-refractivity contribution < 1.29 is 9.47 Å². The van der Waals surface area contributed by atoms with Crippen molar-refractivity contribution in [3.8, 4) is 11.5 Å². The van der Waals surface area contributed by atoms with E-state index in [0.717, 1.165) is 22.6 Å². The summed E-state index contributed by atoms with van der Waals surface area (Å²) in [6.07, 6.45) is 5.09. The SMILES string of the molecule is CNC(c1cncnc1)c1ccc(OC)cc1OC. The number of hydrogen-bond acceptors (Lipinski definition) is 5. The molecule has 0 spiro atoms. The first-order chi connectivity index (χ1) is 9.30. The summed E-state index contributed by atoms with van der Waals surface area (Å²) < 4.78 is 10.6. The van der Waals surface area contributed by atoms with Crippen LogP contribution in [0.25, 0.3) is 0 Å². The normalized spacial score (nSPS) is 11.9. The summed E-state index contributed by atoms with van der Waals surface area (Å²) in [5, 5.41) is 3.25. The van der Waals surface area contributed by atoms with Crippen molar-refractivity contribution in [2.45, 2.75) is 6.04 Å². The van der Waals surface area contributed by atoms with Crippen molar-refractivity contribution in [1.82, 2.24) is 15.3 Å². The molecule has 1 heterocycles. The Bertz CT molecular complexity index is 531. The third kappa shape index (κ3) is 2.82. The molecule has 0 radical (unpaired) electrons. The van der Waals surface area contributed by atoms with Gasteiger partial charge in [0.1, 0.15) is 17.8 Å². The molecule has 1 unspecified atom stereocenters. The minimum atomic E-state index is -0.0259. The van der Waals surface area contributed by atoms with E-state index in [1.807, 2.05) is 25.2 Å². The lowest BCUT2D eigenvalue weighted by atomic mass is 10.00. The first kappa shape index (κ1) is 13.3. The number of nitrogens with zero attached hydrogens (tertiary/aromatic N) is 2. The summed E-state index contributed by atoms with van der Waals surface area (Å²) in [6, 6.07) is 5.73. The van der Waals surface area contributed by atoms with Gasteiger partial charge in [0.15, 0.2) is 0 Å². The van der Waals surface area contributed by atoms with Crippen LogP contribution in [0.1, 0.15) is 17.2 Å². The van der Waals surface area contributed by atoms with Gasteiger partial charge in [0.2, 0.25) is 0 Å². The molecule has 0 bridgehead atoms. The van der Waals surface area contributed by atoms with Crippen LogP contribution >= 0.6 is 0 Å². The summed E-state index contributed by atoms with van der Waals surface area (Å²) >= 11 is 0. The average molecular weight is 259 g/mol. The molecule has 5 heteroatoms. The van der Waals surface area contributed by atoms with Crippen molar-refractivity contribution in [2.24, 2.45) is 0 Å². The number of methoxy groups -OCH3 is 2. The predicted molar refractivity (Wildman–Crippen MR) is 72.5 cm³/mol. The van der Waals surface area contributed by atoms with E-state index in [0.29, 0.717) is 0 Å². The van der Waals surface area contributed by atoms with Gasteiger partial charge in [-0.15, -0.1) is 0 Å². The van der Waals surface area contributed by atoms with E-state index in [9.17, 15) is 0 Å². The maximum atomic E-state index is 5.43. The molecule has 2 rings (SSSR count). The molecule has 0 aliphatic rings. The van der Waals surface area contributed by atoms with E-state index in [2.05, 4.69) is 15.3 Å². The fourth-order valence-electron chi connectivity index (χ4n) is 2.02. The van der Waals surface area contributed by atoms with Crippen molar-refractivity contribution in [3.05, 3.63) is 48.0 Å². The van der Waals surface area contributed by atoms with Gasteiger partial charge < -0.3 is 14.8 Å². The van der Waals surface area contributed by atoms with Gasteiger partial charge in [0, 0.05) is 29.6 Å². The van der Waals surface area contributed by atoms with Crippen molar-refractivity contribution >= 4 is 0 Å². The molecule has 0 saturated heterocycles. The van der Waals surface area contributed by atoms with Crippen LogP contribution < -0.4 is 14.8 Å². The number of rotatable bonds is 5. The standard InChI is InChI=1S/C14H17N3O2/c1-15-14(10-7-16-9-17-8-10)12-5-4-11(18-2)6-13(12)19-3/h4-9,14-15H,1-3H3. The van der Waals surface area contributed by atoms with E-state index in [1.165, 1.54) is 6.33 Å². The van der Waals surface area contributed by atoms with Gasteiger partial charge in [0.05, 0.1) is 20.3 Å². The molecule has 1 atom stereocenters. The largest absolute Gasteiger partial charge is 0.497 e. The molecule has 1 aromatic carbocycles. The lowest BCUT2D eigenvalue weighted by Gasteiger charge is -2.19. The van der Waals surface area contributed by atoms with E-state index in [-0.39, 0.29) is 6.04 Å². The molecular formula is C14H17N3O2. The molecule has 100 valence electrons. The number of aromatic nitrogens is 2. The van der Waals surface area contributed by atoms with Crippen LogP contribution in [0.3, 0.4) is 0 Å². The van der Waals surface area contributed by atoms with Crippen LogP contribution in [-0.4, -0.2) is 31.2 Å². The van der Waals surface area contributed by atoms with Crippen LogP contribution in [-0.2, 0) is 0 Å². The molecule has 1 N–H and O–H groups in total. The summed E-state index contributed by atoms with van der Waals surface area (Å²) in [5.74, 6) is 1.53. The second-order valence-electron chi connectivity index (χ2n) is 4.00. The van der Waals surface area contributed by atoms with Crippen molar-refractivity contribution in [1.29, 1.82) is 0 Å².